The average molecular weight is 408 g/mol. The molecule has 152 valence electrons. The van der Waals surface area contributed by atoms with Gasteiger partial charge in [0.1, 0.15) is 5.60 Å². The van der Waals surface area contributed by atoms with Crippen LogP contribution in [0.1, 0.15) is 36.5 Å². The summed E-state index contributed by atoms with van der Waals surface area (Å²) >= 11 is 0. The molecule has 0 heterocycles. The van der Waals surface area contributed by atoms with E-state index in [2.05, 4.69) is 0 Å². The second-order valence-electron chi connectivity index (χ2n) is 6.36. The molecule has 0 radical (unpaired) electrons. The average Bonchev–Trinajstić information content (AvgIpc) is 2.53. The minimum atomic E-state index is -7.02. The topological polar surface area (TPSA) is 37.3 Å². The number of halogens is 9. The molecule has 0 aliphatic heterocycles. The van der Waals surface area contributed by atoms with Crippen LogP contribution in [-0.2, 0) is 22.7 Å². The highest BCUT2D eigenvalue weighted by Gasteiger charge is 2.82. The maximum absolute atomic E-state index is 14.1. The van der Waals surface area contributed by atoms with E-state index < -0.39 is 46.5 Å². The van der Waals surface area contributed by atoms with Gasteiger partial charge in [0.25, 0.3) is 0 Å². The summed E-state index contributed by atoms with van der Waals surface area (Å²) in [5, 5.41) is 10.4. The molecule has 0 amide bonds. The van der Waals surface area contributed by atoms with Gasteiger partial charge in [-0.05, 0) is 43.4 Å². The summed E-state index contributed by atoms with van der Waals surface area (Å²) in [7, 11) is 0. The number of alkyl halides is 9. The number of hydrogen-bond acceptors (Lipinski definition) is 2. The number of ketones is 1. The maximum atomic E-state index is 14.1. The summed E-state index contributed by atoms with van der Waals surface area (Å²) in [6.07, 6.45) is -6.74. The predicted octanol–water partition coefficient (Wildman–Crippen LogP) is 4.72. The van der Waals surface area contributed by atoms with Gasteiger partial charge in [0.05, 0.1) is 0 Å². The fraction of sp³-hybridized carbons (Fsp3) is 0.562. The Labute approximate surface area is 147 Å². The molecule has 2 nitrogen and oxygen atoms in total. The Morgan fingerprint density at radius 3 is 2.04 bits per heavy atom. The van der Waals surface area contributed by atoms with Crippen LogP contribution in [-0.4, -0.2) is 28.9 Å². The van der Waals surface area contributed by atoms with E-state index in [-0.39, 0.29) is 37.0 Å². The molecular weight excluding hydrogens is 395 g/mol. The molecule has 27 heavy (non-hydrogen) atoms. The van der Waals surface area contributed by atoms with Crippen molar-refractivity contribution in [3.05, 3.63) is 34.9 Å². The van der Waals surface area contributed by atoms with Gasteiger partial charge in [-0.25, -0.2) is 0 Å². The van der Waals surface area contributed by atoms with Crippen LogP contribution < -0.4 is 0 Å². The van der Waals surface area contributed by atoms with Crippen molar-refractivity contribution in [1.82, 2.24) is 0 Å². The van der Waals surface area contributed by atoms with Gasteiger partial charge in [-0.15, -0.1) is 0 Å². The second-order valence-corrected chi connectivity index (χ2v) is 6.36. The highest BCUT2D eigenvalue weighted by molar-refractivity contribution is 5.86. The summed E-state index contributed by atoms with van der Waals surface area (Å²) in [5.74, 6) is -20.7. The Balaban J connectivity index is 2.63. The molecule has 1 aliphatic carbocycles. The number of carbonyl (C=O) groups is 1. The Bertz CT molecular complexity index is 755. The van der Waals surface area contributed by atoms with Crippen molar-refractivity contribution in [1.29, 1.82) is 0 Å². The molecule has 2 rings (SSSR count). The molecule has 11 heteroatoms. The van der Waals surface area contributed by atoms with Crippen molar-refractivity contribution in [2.24, 2.45) is 0 Å². The summed E-state index contributed by atoms with van der Waals surface area (Å²) in [5.41, 5.74) is -4.56. The molecule has 1 aliphatic rings. The summed E-state index contributed by atoms with van der Waals surface area (Å²) in [4.78, 5) is 11.7. The van der Waals surface area contributed by atoms with Gasteiger partial charge in [0, 0.05) is 5.56 Å². The Kier molecular flexibility index (Phi) is 4.87. The van der Waals surface area contributed by atoms with E-state index in [4.69, 9.17) is 0 Å². The molecule has 1 unspecified atom stereocenters. The number of aryl methyl sites for hydroxylation is 1. The standard InChI is InChI=1S/C16H13F9O2/c1-8(26)12(27)6-2-3-9-4-5-10(7-11(9)12)13(17,18)14(19,20)15(21,22)16(23,24)25/h4-5,7,27H,2-3,6H2,1H3. The van der Waals surface area contributed by atoms with Crippen LogP contribution in [0.4, 0.5) is 39.5 Å². The van der Waals surface area contributed by atoms with Crippen LogP contribution in [0.25, 0.3) is 0 Å². The van der Waals surface area contributed by atoms with Crippen LogP contribution in [0.2, 0.25) is 0 Å². The lowest BCUT2D eigenvalue weighted by atomic mass is 9.75. The number of Topliss-reactive ketones (excluding diaryl/α,β-unsaturated/α-hetero) is 1. The van der Waals surface area contributed by atoms with Crippen molar-refractivity contribution in [2.45, 2.75) is 55.7 Å². The fourth-order valence-electron chi connectivity index (χ4n) is 2.97. The highest BCUT2D eigenvalue weighted by Crippen LogP contribution is 2.57. The Morgan fingerprint density at radius 2 is 1.56 bits per heavy atom. The van der Waals surface area contributed by atoms with E-state index in [0.717, 1.165) is 13.0 Å². The van der Waals surface area contributed by atoms with Crippen LogP contribution in [0, 0.1) is 0 Å². The molecule has 1 aromatic carbocycles. The van der Waals surface area contributed by atoms with Crippen molar-refractivity contribution in [3.8, 4) is 0 Å². The second kappa shape index (κ2) is 6.11. The molecule has 1 aromatic rings. The van der Waals surface area contributed by atoms with Crippen molar-refractivity contribution in [3.63, 3.8) is 0 Å². The predicted molar refractivity (Wildman–Crippen MR) is 73.8 cm³/mol. The van der Waals surface area contributed by atoms with Gasteiger partial charge in [-0.3, -0.25) is 4.79 Å². The van der Waals surface area contributed by atoms with Gasteiger partial charge < -0.3 is 5.11 Å². The Hall–Kier alpha value is -1.78. The molecule has 1 N–H and O–H groups in total. The van der Waals surface area contributed by atoms with E-state index in [1.165, 1.54) is 0 Å². The first-order valence-corrected chi connectivity index (χ1v) is 7.57. The van der Waals surface area contributed by atoms with Crippen molar-refractivity contribution < 1.29 is 49.4 Å². The first-order valence-electron chi connectivity index (χ1n) is 7.57. The third kappa shape index (κ3) is 2.99. The van der Waals surface area contributed by atoms with Crippen LogP contribution >= 0.6 is 0 Å². The molecule has 0 fully saturated rings. The first kappa shape index (κ1) is 21.5. The lowest BCUT2D eigenvalue weighted by Gasteiger charge is -2.36. The van der Waals surface area contributed by atoms with E-state index in [1.807, 2.05) is 0 Å². The number of carbonyl (C=O) groups excluding carboxylic acids is 1. The zero-order chi connectivity index (χ0) is 21.1. The van der Waals surface area contributed by atoms with Gasteiger partial charge >= 0.3 is 23.9 Å². The quantitative estimate of drug-likeness (QED) is 0.732. The first-order chi connectivity index (χ1) is 12.0. The van der Waals surface area contributed by atoms with Gasteiger partial charge in [0.2, 0.25) is 0 Å². The molecular formula is C16H13F9O2. The van der Waals surface area contributed by atoms with Crippen LogP contribution in [0.5, 0.6) is 0 Å². The number of benzene rings is 1. The summed E-state index contributed by atoms with van der Waals surface area (Å²) in [6, 6.07) is 1.27. The number of rotatable bonds is 4. The fourth-order valence-corrected chi connectivity index (χ4v) is 2.97. The lowest BCUT2D eigenvalue weighted by molar-refractivity contribution is -0.399. The number of aliphatic hydroxyl groups is 1. The maximum Gasteiger partial charge on any atom is 0.460 e. The lowest BCUT2D eigenvalue weighted by Crippen LogP contribution is -2.59. The van der Waals surface area contributed by atoms with Crippen molar-refractivity contribution in [2.75, 3.05) is 0 Å². The van der Waals surface area contributed by atoms with E-state index in [9.17, 15) is 49.4 Å². The third-order valence-corrected chi connectivity index (χ3v) is 4.63. The highest BCUT2D eigenvalue weighted by atomic mass is 19.4. The number of fused-ring (bicyclic) bond motifs is 1. The normalized spacial score (nSPS) is 21.7. The van der Waals surface area contributed by atoms with Gasteiger partial charge in [0.15, 0.2) is 5.78 Å². The monoisotopic (exact) mass is 408 g/mol. The van der Waals surface area contributed by atoms with Gasteiger partial charge in [-0.2, -0.15) is 39.5 Å². The largest absolute Gasteiger partial charge is 0.460 e. The minimum Gasteiger partial charge on any atom is -0.377 e. The van der Waals surface area contributed by atoms with Crippen molar-refractivity contribution >= 4 is 5.78 Å². The third-order valence-electron chi connectivity index (χ3n) is 4.63. The SMILES string of the molecule is CC(=O)C1(O)CCCc2ccc(C(F)(F)C(F)(F)C(F)(F)C(F)(F)F)cc21. The molecule has 0 bridgehead atoms. The molecule has 0 saturated heterocycles. The zero-order valence-corrected chi connectivity index (χ0v) is 13.6. The van der Waals surface area contributed by atoms with Crippen LogP contribution in [0.3, 0.4) is 0 Å². The van der Waals surface area contributed by atoms with Gasteiger partial charge in [-0.1, -0.05) is 12.1 Å². The Morgan fingerprint density at radius 1 is 1.00 bits per heavy atom. The zero-order valence-electron chi connectivity index (χ0n) is 13.6. The summed E-state index contributed by atoms with van der Waals surface area (Å²) in [6.45, 7) is 0.909. The molecule has 0 aromatic heterocycles. The van der Waals surface area contributed by atoms with Crippen LogP contribution in [0.15, 0.2) is 18.2 Å². The number of hydrogen-bond donors (Lipinski definition) is 1. The minimum absolute atomic E-state index is 0.129. The summed E-state index contributed by atoms with van der Waals surface area (Å²) < 4.78 is 118. The smallest absolute Gasteiger partial charge is 0.377 e. The van der Waals surface area contributed by atoms with E-state index >= 15 is 0 Å². The molecule has 1 atom stereocenters. The van der Waals surface area contributed by atoms with E-state index in [0.29, 0.717) is 0 Å². The van der Waals surface area contributed by atoms with E-state index in [1.54, 1.807) is 0 Å². The molecule has 0 spiro atoms. The molecule has 0 saturated carbocycles.